The highest BCUT2D eigenvalue weighted by Crippen LogP contribution is 2.52. The molecule has 2 nitrogen and oxygen atoms in total. The van der Waals surface area contributed by atoms with Crippen molar-refractivity contribution in [3.8, 4) is 0 Å². The molecule has 2 aromatic rings. The van der Waals surface area contributed by atoms with E-state index < -0.39 is 0 Å². The topological polar surface area (TPSA) is 20.3 Å². The lowest BCUT2D eigenvalue weighted by Crippen LogP contribution is -2.53. The van der Waals surface area contributed by atoms with E-state index in [0.717, 1.165) is 31.4 Å². The molecule has 154 valence electrons. The van der Waals surface area contributed by atoms with Crippen molar-refractivity contribution >= 4 is 17.5 Å². The minimum Gasteiger partial charge on any atom is -0.331 e. The van der Waals surface area contributed by atoms with Gasteiger partial charge >= 0.3 is 0 Å². The monoisotopic (exact) mass is 409 g/mol. The molecule has 0 N–H and O–H groups in total. The van der Waals surface area contributed by atoms with Crippen molar-refractivity contribution in [3.05, 3.63) is 71.3 Å². The van der Waals surface area contributed by atoms with Crippen LogP contribution in [-0.4, -0.2) is 22.2 Å². The summed E-state index contributed by atoms with van der Waals surface area (Å²) in [6.45, 7) is 7.31. The number of amides is 1. The third kappa shape index (κ3) is 3.97. The molecule has 2 fully saturated rings. The fourth-order valence-electron chi connectivity index (χ4n) is 5.21. The molecule has 3 atom stereocenters. The smallest absolute Gasteiger partial charge is 0.254 e. The lowest BCUT2D eigenvalue weighted by atomic mass is 9.68. The SMILES string of the molecule is CC(C)(C)c1ccc(C(=O)N2CCC3(Cl)CCCCC3C2c2ccccc2)cc1. The largest absolute Gasteiger partial charge is 0.331 e. The van der Waals surface area contributed by atoms with E-state index >= 15 is 0 Å². The number of carbonyl (C=O) groups excluding carboxylic acids is 1. The van der Waals surface area contributed by atoms with E-state index in [1.807, 2.05) is 18.2 Å². The van der Waals surface area contributed by atoms with Crippen LogP contribution < -0.4 is 0 Å². The van der Waals surface area contributed by atoms with Crippen molar-refractivity contribution < 1.29 is 4.79 Å². The van der Waals surface area contributed by atoms with Crippen LogP contribution >= 0.6 is 11.6 Å². The Bertz CT molecular complexity index is 855. The third-order valence-electron chi connectivity index (χ3n) is 6.91. The summed E-state index contributed by atoms with van der Waals surface area (Å²) in [5.41, 5.74) is 3.32. The minimum atomic E-state index is -0.175. The van der Waals surface area contributed by atoms with Gasteiger partial charge in [-0.1, -0.05) is 76.1 Å². The maximum atomic E-state index is 13.6. The molecular weight excluding hydrogens is 378 g/mol. The maximum Gasteiger partial charge on any atom is 0.254 e. The van der Waals surface area contributed by atoms with Crippen molar-refractivity contribution in [2.75, 3.05) is 6.54 Å². The highest BCUT2D eigenvalue weighted by molar-refractivity contribution is 6.24. The van der Waals surface area contributed by atoms with E-state index in [0.29, 0.717) is 5.92 Å². The Hall–Kier alpha value is -1.80. The van der Waals surface area contributed by atoms with Gasteiger partial charge in [0, 0.05) is 18.0 Å². The molecule has 0 bridgehead atoms. The first kappa shape index (κ1) is 20.5. The number of halogens is 1. The van der Waals surface area contributed by atoms with Crippen LogP contribution in [0.2, 0.25) is 0 Å². The van der Waals surface area contributed by atoms with Crippen LogP contribution in [0.1, 0.15) is 80.4 Å². The van der Waals surface area contributed by atoms with Crippen LogP contribution in [0.5, 0.6) is 0 Å². The number of hydrogen-bond acceptors (Lipinski definition) is 1. The summed E-state index contributed by atoms with van der Waals surface area (Å²) in [4.78, 5) is 15.5. The molecule has 0 radical (unpaired) electrons. The average Bonchev–Trinajstić information content (AvgIpc) is 2.72. The Morgan fingerprint density at radius 1 is 1.00 bits per heavy atom. The van der Waals surface area contributed by atoms with Gasteiger partial charge < -0.3 is 4.90 Å². The predicted octanol–water partition coefficient (Wildman–Crippen LogP) is 6.74. The van der Waals surface area contributed by atoms with Gasteiger partial charge in [-0.2, -0.15) is 0 Å². The normalized spacial score (nSPS) is 27.4. The summed E-state index contributed by atoms with van der Waals surface area (Å²) in [5, 5.41) is 0. The van der Waals surface area contributed by atoms with Crippen molar-refractivity contribution in [3.63, 3.8) is 0 Å². The highest BCUT2D eigenvalue weighted by Gasteiger charge is 2.50. The molecule has 3 heteroatoms. The van der Waals surface area contributed by atoms with Crippen molar-refractivity contribution in [1.29, 1.82) is 0 Å². The predicted molar refractivity (Wildman–Crippen MR) is 121 cm³/mol. The number of nitrogens with zero attached hydrogens (tertiary/aromatic N) is 1. The summed E-state index contributed by atoms with van der Waals surface area (Å²) in [7, 11) is 0. The van der Waals surface area contributed by atoms with Crippen LogP contribution in [0.15, 0.2) is 54.6 Å². The van der Waals surface area contributed by atoms with Gasteiger partial charge in [0.25, 0.3) is 5.91 Å². The van der Waals surface area contributed by atoms with Gasteiger partial charge in [0.1, 0.15) is 0 Å². The number of fused-ring (bicyclic) bond motifs is 1. The highest BCUT2D eigenvalue weighted by atomic mass is 35.5. The van der Waals surface area contributed by atoms with E-state index in [1.165, 1.54) is 24.0 Å². The standard InChI is InChI=1S/C26H32ClNO/c1-25(2,3)21-14-12-20(13-15-21)24(29)28-18-17-26(27)16-8-7-11-22(26)23(28)19-9-5-4-6-10-19/h4-6,9-10,12-15,22-23H,7-8,11,16-18H2,1-3H3. The summed E-state index contributed by atoms with van der Waals surface area (Å²) >= 11 is 7.17. The Morgan fingerprint density at radius 3 is 2.34 bits per heavy atom. The van der Waals surface area contributed by atoms with Crippen molar-refractivity contribution in [2.24, 2.45) is 5.92 Å². The molecule has 0 aromatic heterocycles. The Kier molecular flexibility index (Phi) is 5.50. The van der Waals surface area contributed by atoms with Gasteiger partial charge in [-0.05, 0) is 47.9 Å². The van der Waals surface area contributed by atoms with Crippen molar-refractivity contribution in [2.45, 2.75) is 69.2 Å². The number of hydrogen-bond donors (Lipinski definition) is 0. The van der Waals surface area contributed by atoms with Crippen LogP contribution in [0.25, 0.3) is 0 Å². The maximum absolute atomic E-state index is 13.6. The summed E-state index contributed by atoms with van der Waals surface area (Å²) in [5.74, 6) is 0.440. The Balaban J connectivity index is 1.68. The zero-order valence-corrected chi connectivity index (χ0v) is 18.6. The summed E-state index contributed by atoms with van der Waals surface area (Å²) in [6.07, 6.45) is 5.43. The first-order valence-corrected chi connectivity index (χ1v) is 11.3. The van der Waals surface area contributed by atoms with Crippen molar-refractivity contribution in [1.82, 2.24) is 4.90 Å². The number of rotatable bonds is 2. The number of benzene rings is 2. The molecule has 1 aliphatic heterocycles. The molecule has 0 spiro atoms. The molecule has 1 amide bonds. The van der Waals surface area contributed by atoms with E-state index in [4.69, 9.17) is 11.6 Å². The minimum absolute atomic E-state index is 0.0533. The number of alkyl halides is 1. The Labute approximate surface area is 180 Å². The molecule has 4 rings (SSSR count). The Morgan fingerprint density at radius 2 is 1.69 bits per heavy atom. The van der Waals surface area contributed by atoms with Gasteiger partial charge in [0.15, 0.2) is 0 Å². The number of likely N-dealkylation sites (tertiary alicyclic amines) is 1. The third-order valence-corrected chi connectivity index (χ3v) is 7.57. The molecule has 1 aliphatic carbocycles. The van der Waals surface area contributed by atoms with Gasteiger partial charge in [-0.3, -0.25) is 4.79 Å². The molecule has 2 aliphatic rings. The molecule has 1 heterocycles. The van der Waals surface area contributed by atoms with Gasteiger partial charge in [-0.25, -0.2) is 0 Å². The first-order chi connectivity index (χ1) is 13.8. The summed E-state index contributed by atoms with van der Waals surface area (Å²) in [6, 6.07) is 18.7. The lowest BCUT2D eigenvalue weighted by molar-refractivity contribution is 0.0279. The second-order valence-electron chi connectivity index (χ2n) is 9.82. The number of piperidine rings is 1. The molecule has 3 unspecified atom stereocenters. The van der Waals surface area contributed by atoms with E-state index in [1.54, 1.807) is 0 Å². The van der Waals surface area contributed by atoms with Gasteiger partial charge in [-0.15, -0.1) is 11.6 Å². The van der Waals surface area contributed by atoms with E-state index in [2.05, 4.69) is 62.1 Å². The second kappa shape index (κ2) is 7.80. The van der Waals surface area contributed by atoms with Crippen LogP contribution in [-0.2, 0) is 5.41 Å². The zero-order chi connectivity index (χ0) is 20.6. The molecule has 29 heavy (non-hydrogen) atoms. The fourth-order valence-corrected chi connectivity index (χ4v) is 5.66. The first-order valence-electron chi connectivity index (χ1n) is 10.9. The average molecular weight is 410 g/mol. The van der Waals surface area contributed by atoms with Gasteiger partial charge in [0.05, 0.1) is 10.9 Å². The number of carbonyl (C=O) groups is 1. The van der Waals surface area contributed by atoms with Gasteiger partial charge in [0.2, 0.25) is 0 Å². The van der Waals surface area contributed by atoms with E-state index in [-0.39, 0.29) is 22.2 Å². The lowest BCUT2D eigenvalue weighted by Gasteiger charge is -2.52. The van der Waals surface area contributed by atoms with Crippen LogP contribution in [0, 0.1) is 5.92 Å². The van der Waals surface area contributed by atoms with Crippen LogP contribution in [0.3, 0.4) is 0 Å². The molecule has 2 aromatic carbocycles. The molecule has 1 saturated carbocycles. The second-order valence-corrected chi connectivity index (χ2v) is 10.6. The quantitative estimate of drug-likeness (QED) is 0.503. The summed E-state index contributed by atoms with van der Waals surface area (Å²) < 4.78 is 0. The van der Waals surface area contributed by atoms with E-state index in [9.17, 15) is 4.79 Å². The zero-order valence-electron chi connectivity index (χ0n) is 17.8. The molecular formula is C26H32ClNO. The fraction of sp³-hybridized carbons (Fsp3) is 0.500. The van der Waals surface area contributed by atoms with Crippen LogP contribution in [0.4, 0.5) is 0 Å². The molecule has 1 saturated heterocycles.